The Morgan fingerprint density at radius 3 is 1.93 bits per heavy atom. The maximum Gasteiger partial charge on any atom is 0.326 e. The van der Waals surface area contributed by atoms with Crippen LogP contribution in [0.4, 0.5) is 0 Å². The fourth-order valence-electron chi connectivity index (χ4n) is 4.48. The summed E-state index contributed by atoms with van der Waals surface area (Å²) in [6, 6.07) is 36.7. The zero-order valence-corrected chi connectivity index (χ0v) is 21.8. The van der Waals surface area contributed by atoms with Gasteiger partial charge in [-0.1, -0.05) is 103 Å². The minimum atomic E-state index is -1.13. The molecule has 6 nitrogen and oxygen atoms in total. The molecule has 0 aromatic heterocycles. The molecule has 0 bridgehead atoms. The number of fused-ring (bicyclic) bond motifs is 1. The summed E-state index contributed by atoms with van der Waals surface area (Å²) in [5.41, 5.74) is 3.14. The van der Waals surface area contributed by atoms with Crippen molar-refractivity contribution in [3.05, 3.63) is 144 Å². The van der Waals surface area contributed by atoms with Gasteiger partial charge in [0.05, 0.1) is 0 Å². The summed E-state index contributed by atoms with van der Waals surface area (Å²) in [6.07, 6.45) is 0.0759. The number of ether oxygens (including phenoxy) is 2. The van der Waals surface area contributed by atoms with Crippen molar-refractivity contribution in [2.45, 2.75) is 25.7 Å². The van der Waals surface area contributed by atoms with E-state index in [1.807, 2.05) is 91.0 Å². The van der Waals surface area contributed by atoms with E-state index in [-0.39, 0.29) is 6.42 Å². The van der Waals surface area contributed by atoms with E-state index < -0.39 is 17.9 Å². The summed E-state index contributed by atoms with van der Waals surface area (Å²) in [4.78, 5) is 25.3. The molecule has 200 valence electrons. The van der Waals surface area contributed by atoms with Gasteiger partial charge in [0.1, 0.15) is 19.3 Å². The molecule has 5 aromatic rings. The molecule has 5 rings (SSSR count). The van der Waals surface area contributed by atoms with Gasteiger partial charge in [-0.2, -0.15) is 0 Å². The van der Waals surface area contributed by atoms with Gasteiger partial charge in [-0.05, 0) is 45.7 Å². The fourth-order valence-corrected chi connectivity index (χ4v) is 4.48. The number of benzene rings is 5. The van der Waals surface area contributed by atoms with Gasteiger partial charge in [-0.15, -0.1) is 0 Å². The molecule has 0 saturated heterocycles. The molecule has 0 heterocycles. The van der Waals surface area contributed by atoms with Crippen molar-refractivity contribution in [2.75, 3.05) is 0 Å². The van der Waals surface area contributed by atoms with Crippen LogP contribution in [0, 0.1) is 0 Å². The van der Waals surface area contributed by atoms with Crippen LogP contribution in [0.5, 0.6) is 11.5 Å². The van der Waals surface area contributed by atoms with E-state index in [1.54, 1.807) is 30.3 Å². The van der Waals surface area contributed by atoms with Crippen molar-refractivity contribution in [2.24, 2.45) is 0 Å². The summed E-state index contributed by atoms with van der Waals surface area (Å²) in [6.45, 7) is 0.687. The Morgan fingerprint density at radius 2 is 1.25 bits per heavy atom. The molecule has 0 unspecified atom stereocenters. The first-order valence-corrected chi connectivity index (χ1v) is 13.0. The predicted molar refractivity (Wildman–Crippen MR) is 155 cm³/mol. The van der Waals surface area contributed by atoms with E-state index in [4.69, 9.17) is 9.47 Å². The van der Waals surface area contributed by atoms with Crippen LogP contribution in [0.1, 0.15) is 27.0 Å². The molecule has 0 aliphatic rings. The third-order valence-corrected chi connectivity index (χ3v) is 6.56. The summed E-state index contributed by atoms with van der Waals surface area (Å²) < 4.78 is 12.2. The number of rotatable bonds is 11. The van der Waals surface area contributed by atoms with Crippen LogP contribution in [-0.4, -0.2) is 23.0 Å². The highest BCUT2D eigenvalue weighted by Gasteiger charge is 2.23. The Labute approximate surface area is 232 Å². The third-order valence-electron chi connectivity index (χ3n) is 6.56. The molecule has 1 atom stereocenters. The Kier molecular flexibility index (Phi) is 8.37. The summed E-state index contributed by atoms with van der Waals surface area (Å²) in [7, 11) is 0. The quantitative estimate of drug-likeness (QED) is 0.205. The number of carboxylic acids is 1. The van der Waals surface area contributed by atoms with Gasteiger partial charge in [-0.25, -0.2) is 4.79 Å². The zero-order valence-electron chi connectivity index (χ0n) is 21.8. The summed E-state index contributed by atoms with van der Waals surface area (Å²) in [5, 5.41) is 14.3. The molecule has 2 N–H and O–H groups in total. The number of amides is 1. The van der Waals surface area contributed by atoms with Crippen LogP contribution in [0.15, 0.2) is 121 Å². The molecule has 0 saturated carbocycles. The van der Waals surface area contributed by atoms with Crippen molar-refractivity contribution >= 4 is 22.6 Å². The third kappa shape index (κ3) is 6.66. The standard InChI is InChI=1S/C34H29NO5/c36-33(29-17-9-15-27-14-7-8-16-28(27)29)35-30(34(37)38)20-26-18-19-31(39-22-24-10-3-1-4-11-24)32(21-26)40-23-25-12-5-2-6-13-25/h1-19,21,30H,20,22-23H2,(H,35,36)(H,37,38)/t30-/m1/s1. The lowest BCUT2D eigenvalue weighted by Crippen LogP contribution is -2.42. The van der Waals surface area contributed by atoms with Crippen LogP contribution in [-0.2, 0) is 24.4 Å². The molecular formula is C34H29NO5. The molecule has 6 heteroatoms. The smallest absolute Gasteiger partial charge is 0.326 e. The molecule has 5 aromatic carbocycles. The predicted octanol–water partition coefficient (Wildman–Crippen LogP) is 6.42. The average Bonchev–Trinajstić information content (AvgIpc) is 2.99. The molecule has 0 aliphatic heterocycles. The van der Waals surface area contributed by atoms with E-state index in [0.29, 0.717) is 35.8 Å². The van der Waals surface area contributed by atoms with Crippen LogP contribution >= 0.6 is 0 Å². The topological polar surface area (TPSA) is 84.9 Å². The lowest BCUT2D eigenvalue weighted by molar-refractivity contribution is -0.139. The van der Waals surface area contributed by atoms with Gasteiger partial charge in [0.15, 0.2) is 11.5 Å². The van der Waals surface area contributed by atoms with Gasteiger partial charge >= 0.3 is 5.97 Å². The first-order valence-electron chi connectivity index (χ1n) is 13.0. The first kappa shape index (κ1) is 26.5. The van der Waals surface area contributed by atoms with E-state index in [9.17, 15) is 14.7 Å². The van der Waals surface area contributed by atoms with Gasteiger partial charge in [0.25, 0.3) is 5.91 Å². The second-order valence-electron chi connectivity index (χ2n) is 9.42. The van der Waals surface area contributed by atoms with Crippen LogP contribution in [0.2, 0.25) is 0 Å². The van der Waals surface area contributed by atoms with Gasteiger partial charge in [0, 0.05) is 12.0 Å². The average molecular weight is 532 g/mol. The SMILES string of the molecule is O=C(N[C@H](Cc1ccc(OCc2ccccc2)c(OCc2ccccc2)c1)C(=O)O)c1cccc2ccccc12. The molecule has 40 heavy (non-hydrogen) atoms. The number of carbonyl (C=O) groups excluding carboxylic acids is 1. The number of hydrogen-bond donors (Lipinski definition) is 2. The fraction of sp³-hybridized carbons (Fsp3) is 0.118. The lowest BCUT2D eigenvalue weighted by atomic mass is 10.0. The second kappa shape index (κ2) is 12.6. The Hall–Kier alpha value is -5.10. The highest BCUT2D eigenvalue weighted by atomic mass is 16.5. The van der Waals surface area contributed by atoms with Gasteiger partial charge in [-0.3, -0.25) is 4.79 Å². The Bertz CT molecular complexity index is 1600. The minimum Gasteiger partial charge on any atom is -0.485 e. The van der Waals surface area contributed by atoms with Crippen molar-refractivity contribution < 1.29 is 24.2 Å². The van der Waals surface area contributed by atoms with Gasteiger partial charge < -0.3 is 19.9 Å². The van der Waals surface area contributed by atoms with Crippen molar-refractivity contribution in [3.63, 3.8) is 0 Å². The summed E-state index contributed by atoms with van der Waals surface area (Å²) >= 11 is 0. The normalized spacial score (nSPS) is 11.5. The first-order chi connectivity index (χ1) is 19.6. The van der Waals surface area contributed by atoms with E-state index >= 15 is 0 Å². The highest BCUT2D eigenvalue weighted by molar-refractivity contribution is 6.07. The monoisotopic (exact) mass is 531 g/mol. The van der Waals surface area contributed by atoms with Crippen LogP contribution in [0.25, 0.3) is 10.8 Å². The van der Waals surface area contributed by atoms with Crippen LogP contribution < -0.4 is 14.8 Å². The number of hydrogen-bond acceptors (Lipinski definition) is 4. The van der Waals surface area contributed by atoms with E-state index in [1.165, 1.54) is 0 Å². The molecule has 0 spiro atoms. The Morgan fingerprint density at radius 1 is 0.650 bits per heavy atom. The van der Waals surface area contributed by atoms with E-state index in [0.717, 1.165) is 21.9 Å². The molecule has 0 aliphatic carbocycles. The maximum atomic E-state index is 13.1. The maximum absolute atomic E-state index is 13.1. The lowest BCUT2D eigenvalue weighted by Gasteiger charge is -2.18. The van der Waals surface area contributed by atoms with Gasteiger partial charge in [0.2, 0.25) is 0 Å². The van der Waals surface area contributed by atoms with Crippen molar-refractivity contribution in [1.82, 2.24) is 5.32 Å². The Balaban J connectivity index is 1.35. The van der Waals surface area contributed by atoms with Crippen molar-refractivity contribution in [3.8, 4) is 11.5 Å². The van der Waals surface area contributed by atoms with E-state index in [2.05, 4.69) is 5.32 Å². The van der Waals surface area contributed by atoms with Crippen molar-refractivity contribution in [1.29, 1.82) is 0 Å². The molecule has 1 amide bonds. The second-order valence-corrected chi connectivity index (χ2v) is 9.42. The molecule has 0 radical (unpaired) electrons. The largest absolute Gasteiger partial charge is 0.485 e. The number of nitrogens with one attached hydrogen (secondary N) is 1. The molecular weight excluding hydrogens is 502 g/mol. The number of carboxylic acid groups (broad SMARTS) is 1. The minimum absolute atomic E-state index is 0.0759. The highest BCUT2D eigenvalue weighted by Crippen LogP contribution is 2.31. The summed E-state index contributed by atoms with van der Waals surface area (Å²) in [5.74, 6) is -0.505. The van der Waals surface area contributed by atoms with Crippen LogP contribution in [0.3, 0.4) is 0 Å². The molecule has 0 fully saturated rings. The number of carbonyl (C=O) groups is 2. The zero-order chi connectivity index (χ0) is 27.7. The number of aliphatic carboxylic acids is 1.